The fraction of sp³-hybridized carbons (Fsp3) is 0.280. The van der Waals surface area contributed by atoms with Crippen LogP contribution < -0.4 is 0 Å². The molecule has 2 heterocycles. The highest BCUT2D eigenvalue weighted by Gasteiger charge is 2.38. The number of ketones is 1. The van der Waals surface area contributed by atoms with Crippen molar-refractivity contribution in [3.63, 3.8) is 0 Å². The molecule has 0 radical (unpaired) electrons. The molecule has 0 saturated heterocycles. The third-order valence-corrected chi connectivity index (χ3v) is 6.74. The highest BCUT2D eigenvalue weighted by Crippen LogP contribution is 2.40. The number of hydrogen-bond donors (Lipinski definition) is 0. The molecule has 1 aliphatic carbocycles. The second-order valence-corrected chi connectivity index (χ2v) is 8.88. The first-order valence-corrected chi connectivity index (χ1v) is 11.4. The summed E-state index contributed by atoms with van der Waals surface area (Å²) in [6.45, 7) is 3.42. The Morgan fingerprint density at radius 2 is 1.94 bits per heavy atom. The molecule has 0 saturated carbocycles. The normalized spacial score (nSPS) is 16.2. The fourth-order valence-corrected chi connectivity index (χ4v) is 5.02. The summed E-state index contributed by atoms with van der Waals surface area (Å²) in [6, 6.07) is 10.8. The Hall–Kier alpha value is -3.13. The zero-order valence-corrected chi connectivity index (χ0v) is 18.9. The SMILES string of the molecule is CCOC(=O)c1c(-c2ccc(C(C)=O)s2)c2ccccc2n1CC1=CC(C(F)(F)F)CC=C1. The first kappa shape index (κ1) is 23.0. The van der Waals surface area contributed by atoms with E-state index >= 15 is 0 Å². The van der Waals surface area contributed by atoms with Gasteiger partial charge in [-0.15, -0.1) is 11.3 Å². The zero-order valence-electron chi connectivity index (χ0n) is 18.1. The van der Waals surface area contributed by atoms with Crippen molar-refractivity contribution in [3.05, 3.63) is 70.8 Å². The number of halogens is 3. The van der Waals surface area contributed by atoms with Gasteiger partial charge in [-0.3, -0.25) is 4.79 Å². The van der Waals surface area contributed by atoms with Gasteiger partial charge in [-0.25, -0.2) is 4.79 Å². The number of esters is 1. The number of fused-ring (bicyclic) bond motifs is 1. The summed E-state index contributed by atoms with van der Waals surface area (Å²) in [4.78, 5) is 26.3. The number of nitrogens with zero attached hydrogens (tertiary/aromatic N) is 1. The topological polar surface area (TPSA) is 48.3 Å². The lowest BCUT2D eigenvalue weighted by atomic mass is 9.95. The van der Waals surface area contributed by atoms with Crippen LogP contribution in [0.3, 0.4) is 0 Å². The number of rotatable bonds is 6. The Labute approximate surface area is 193 Å². The molecule has 33 heavy (non-hydrogen) atoms. The molecule has 0 fully saturated rings. The van der Waals surface area contributed by atoms with Gasteiger partial charge in [0.1, 0.15) is 5.69 Å². The van der Waals surface area contributed by atoms with Crippen molar-refractivity contribution in [1.82, 2.24) is 4.57 Å². The van der Waals surface area contributed by atoms with Gasteiger partial charge in [-0.05, 0) is 44.0 Å². The van der Waals surface area contributed by atoms with Gasteiger partial charge < -0.3 is 9.30 Å². The molecule has 4 nitrogen and oxygen atoms in total. The van der Waals surface area contributed by atoms with Crippen molar-refractivity contribution in [2.45, 2.75) is 33.0 Å². The predicted molar refractivity (Wildman–Crippen MR) is 123 cm³/mol. The number of Topliss-reactive ketones (excluding diaryl/α,β-unsaturated/α-hetero) is 1. The van der Waals surface area contributed by atoms with E-state index in [1.807, 2.05) is 24.3 Å². The number of thiophene rings is 1. The van der Waals surface area contributed by atoms with E-state index in [9.17, 15) is 22.8 Å². The second-order valence-electron chi connectivity index (χ2n) is 7.80. The quantitative estimate of drug-likeness (QED) is 0.292. The van der Waals surface area contributed by atoms with Crippen molar-refractivity contribution in [1.29, 1.82) is 0 Å². The monoisotopic (exact) mass is 473 g/mol. The lowest BCUT2D eigenvalue weighted by molar-refractivity contribution is -0.160. The van der Waals surface area contributed by atoms with Gasteiger partial charge in [0.05, 0.1) is 17.4 Å². The number of allylic oxidation sites excluding steroid dienone is 4. The summed E-state index contributed by atoms with van der Waals surface area (Å²) in [7, 11) is 0. The van der Waals surface area contributed by atoms with Crippen LogP contribution in [0.1, 0.15) is 40.4 Å². The van der Waals surface area contributed by atoms with E-state index in [1.165, 1.54) is 30.4 Å². The molecule has 2 aromatic heterocycles. The van der Waals surface area contributed by atoms with E-state index in [4.69, 9.17) is 4.74 Å². The summed E-state index contributed by atoms with van der Waals surface area (Å²) < 4.78 is 47.0. The zero-order chi connectivity index (χ0) is 23.8. The number of benzene rings is 1. The number of alkyl halides is 3. The number of carbonyl (C=O) groups excluding carboxylic acids is 2. The van der Waals surface area contributed by atoms with Crippen LogP contribution in [0.4, 0.5) is 13.2 Å². The Kier molecular flexibility index (Phi) is 6.30. The van der Waals surface area contributed by atoms with Crippen molar-refractivity contribution in [2.24, 2.45) is 5.92 Å². The van der Waals surface area contributed by atoms with Gasteiger partial charge in [-0.1, -0.05) is 36.4 Å². The molecule has 1 aromatic carbocycles. The molecule has 1 unspecified atom stereocenters. The molecule has 0 aliphatic heterocycles. The molecule has 1 aliphatic rings. The highest BCUT2D eigenvalue weighted by molar-refractivity contribution is 7.17. The summed E-state index contributed by atoms with van der Waals surface area (Å²) in [5.41, 5.74) is 2.06. The molecule has 1 atom stereocenters. The minimum Gasteiger partial charge on any atom is -0.461 e. The molecular weight excluding hydrogens is 451 g/mol. The number of aromatic nitrogens is 1. The summed E-state index contributed by atoms with van der Waals surface area (Å²) in [6.07, 6.45) is -0.0160. The Morgan fingerprint density at radius 1 is 1.18 bits per heavy atom. The first-order chi connectivity index (χ1) is 15.7. The molecule has 172 valence electrons. The third-order valence-electron chi connectivity index (χ3n) is 5.54. The Morgan fingerprint density at radius 3 is 2.61 bits per heavy atom. The number of para-hydroxylation sites is 1. The number of carbonyl (C=O) groups is 2. The predicted octanol–water partition coefficient (Wildman–Crippen LogP) is 6.81. The molecule has 0 amide bonds. The first-order valence-electron chi connectivity index (χ1n) is 10.5. The maximum Gasteiger partial charge on any atom is 0.395 e. The van der Waals surface area contributed by atoms with Crippen LogP contribution >= 0.6 is 11.3 Å². The van der Waals surface area contributed by atoms with Crippen molar-refractivity contribution in [3.8, 4) is 10.4 Å². The van der Waals surface area contributed by atoms with Crippen LogP contribution in [0.2, 0.25) is 0 Å². The summed E-state index contributed by atoms with van der Waals surface area (Å²) in [5, 5.41) is 0.769. The van der Waals surface area contributed by atoms with E-state index in [0.717, 1.165) is 10.3 Å². The molecule has 0 bridgehead atoms. The third kappa shape index (κ3) is 4.53. The van der Waals surface area contributed by atoms with Crippen LogP contribution in [0, 0.1) is 5.92 Å². The largest absolute Gasteiger partial charge is 0.461 e. The average molecular weight is 474 g/mol. The maximum absolute atomic E-state index is 13.3. The van der Waals surface area contributed by atoms with Crippen LogP contribution in [0.25, 0.3) is 21.3 Å². The minimum absolute atomic E-state index is 0.0802. The molecule has 4 rings (SSSR count). The van der Waals surface area contributed by atoms with Crippen molar-refractivity contribution >= 4 is 34.0 Å². The van der Waals surface area contributed by atoms with Gasteiger partial charge >= 0.3 is 12.1 Å². The lowest BCUT2D eigenvalue weighted by Crippen LogP contribution is -2.23. The maximum atomic E-state index is 13.3. The Bertz CT molecular complexity index is 1280. The Balaban J connectivity index is 1.91. The van der Waals surface area contributed by atoms with E-state index in [2.05, 4.69) is 0 Å². The van der Waals surface area contributed by atoms with Crippen LogP contribution in [-0.4, -0.2) is 29.1 Å². The molecule has 0 N–H and O–H groups in total. The van der Waals surface area contributed by atoms with Gasteiger partial charge in [-0.2, -0.15) is 13.2 Å². The number of hydrogen-bond acceptors (Lipinski definition) is 4. The lowest BCUT2D eigenvalue weighted by Gasteiger charge is -2.20. The summed E-state index contributed by atoms with van der Waals surface area (Å²) >= 11 is 1.27. The van der Waals surface area contributed by atoms with Crippen LogP contribution in [0.15, 0.2) is 60.2 Å². The van der Waals surface area contributed by atoms with Crippen molar-refractivity contribution in [2.75, 3.05) is 6.61 Å². The standard InChI is InChI=1S/C25H22F3NO3S/c1-3-32-24(31)23-22(21-12-11-20(33-21)15(2)30)18-9-4-5-10-19(18)29(23)14-16-7-6-8-17(13-16)25(26,27)28/h4-7,9-13,17H,3,8,14H2,1-2H3. The molecule has 0 spiro atoms. The minimum atomic E-state index is -4.33. The van der Waals surface area contributed by atoms with E-state index < -0.39 is 18.1 Å². The summed E-state index contributed by atoms with van der Waals surface area (Å²) in [5.74, 6) is -2.20. The second kappa shape index (κ2) is 9.02. The smallest absolute Gasteiger partial charge is 0.395 e. The number of ether oxygens (including phenoxy) is 1. The van der Waals surface area contributed by atoms with Gasteiger partial charge in [0.2, 0.25) is 0 Å². The van der Waals surface area contributed by atoms with E-state index in [1.54, 1.807) is 29.7 Å². The molecule has 3 aromatic rings. The highest BCUT2D eigenvalue weighted by atomic mass is 32.1. The molecular formula is C25H22F3NO3S. The van der Waals surface area contributed by atoms with Gasteiger partial charge in [0.15, 0.2) is 5.78 Å². The van der Waals surface area contributed by atoms with E-state index in [0.29, 0.717) is 21.5 Å². The molecule has 8 heteroatoms. The van der Waals surface area contributed by atoms with E-state index in [-0.39, 0.29) is 31.0 Å². The van der Waals surface area contributed by atoms with Gasteiger partial charge in [0, 0.05) is 27.9 Å². The average Bonchev–Trinajstić information content (AvgIpc) is 3.37. The van der Waals surface area contributed by atoms with Gasteiger partial charge in [0.25, 0.3) is 0 Å². The van der Waals surface area contributed by atoms with Crippen molar-refractivity contribution < 1.29 is 27.5 Å². The fourth-order valence-electron chi connectivity index (χ4n) is 4.05. The van der Waals surface area contributed by atoms with Crippen LogP contribution in [0.5, 0.6) is 0 Å². The van der Waals surface area contributed by atoms with Crippen LogP contribution in [-0.2, 0) is 11.3 Å².